The standard InChI is InChI=1S/C20H20N2O4/c1-12-9-18(23)26-19-13(2)17(7-6-16(12)19)25-14(3)20(24)22-11-15-5-4-8-21-10-15/h4-10,14H,11H2,1-3H3,(H,22,24)/t14-/m1/s1. The van der Waals surface area contributed by atoms with E-state index >= 15 is 0 Å². The fraction of sp³-hybridized carbons (Fsp3) is 0.250. The monoisotopic (exact) mass is 352 g/mol. The number of amides is 1. The van der Waals surface area contributed by atoms with Gasteiger partial charge in [-0.25, -0.2) is 4.79 Å². The summed E-state index contributed by atoms with van der Waals surface area (Å²) in [6.45, 7) is 5.72. The minimum Gasteiger partial charge on any atom is -0.480 e. The fourth-order valence-corrected chi connectivity index (χ4v) is 2.71. The van der Waals surface area contributed by atoms with Crippen molar-refractivity contribution < 1.29 is 13.9 Å². The van der Waals surface area contributed by atoms with Crippen LogP contribution in [0.5, 0.6) is 5.75 Å². The van der Waals surface area contributed by atoms with E-state index in [-0.39, 0.29) is 5.91 Å². The van der Waals surface area contributed by atoms with E-state index in [0.717, 1.165) is 16.5 Å². The summed E-state index contributed by atoms with van der Waals surface area (Å²) in [5.74, 6) is 0.273. The van der Waals surface area contributed by atoms with E-state index in [1.807, 2.05) is 25.1 Å². The highest BCUT2D eigenvalue weighted by molar-refractivity contribution is 5.85. The number of rotatable bonds is 5. The minimum absolute atomic E-state index is 0.237. The molecule has 0 bridgehead atoms. The molecule has 0 aliphatic rings. The van der Waals surface area contributed by atoms with Gasteiger partial charge in [0.1, 0.15) is 11.3 Å². The minimum atomic E-state index is -0.695. The number of hydrogen-bond acceptors (Lipinski definition) is 5. The number of aromatic nitrogens is 1. The third-order valence-corrected chi connectivity index (χ3v) is 4.18. The molecular formula is C20H20N2O4. The summed E-state index contributed by atoms with van der Waals surface area (Å²) in [5.41, 5.74) is 2.52. The average Bonchev–Trinajstić information content (AvgIpc) is 2.63. The first kappa shape index (κ1) is 17.7. The Morgan fingerprint density at radius 1 is 1.31 bits per heavy atom. The SMILES string of the molecule is Cc1cc(=O)oc2c(C)c(O[C@H](C)C(=O)NCc3cccnc3)ccc12. The van der Waals surface area contributed by atoms with Gasteiger partial charge in [0.05, 0.1) is 0 Å². The van der Waals surface area contributed by atoms with Gasteiger partial charge in [-0.05, 0) is 50.1 Å². The van der Waals surface area contributed by atoms with Crippen LogP contribution < -0.4 is 15.7 Å². The Balaban J connectivity index is 1.74. The van der Waals surface area contributed by atoms with Crippen molar-refractivity contribution >= 4 is 16.9 Å². The van der Waals surface area contributed by atoms with Crippen LogP contribution >= 0.6 is 0 Å². The van der Waals surface area contributed by atoms with E-state index in [4.69, 9.17) is 9.15 Å². The molecule has 0 radical (unpaired) electrons. The van der Waals surface area contributed by atoms with Crippen LogP contribution in [0.2, 0.25) is 0 Å². The van der Waals surface area contributed by atoms with Gasteiger partial charge in [-0.1, -0.05) is 6.07 Å². The molecule has 6 nitrogen and oxygen atoms in total. The number of nitrogens with zero attached hydrogens (tertiary/aromatic N) is 1. The van der Waals surface area contributed by atoms with Crippen LogP contribution in [0.15, 0.2) is 51.9 Å². The van der Waals surface area contributed by atoms with Crippen LogP contribution in [-0.2, 0) is 11.3 Å². The Hall–Kier alpha value is -3.15. The highest BCUT2D eigenvalue weighted by Crippen LogP contribution is 2.28. The summed E-state index contributed by atoms with van der Waals surface area (Å²) in [7, 11) is 0. The van der Waals surface area contributed by atoms with Crippen LogP contribution in [0.4, 0.5) is 0 Å². The largest absolute Gasteiger partial charge is 0.480 e. The van der Waals surface area contributed by atoms with Gasteiger partial charge in [-0.15, -0.1) is 0 Å². The molecule has 0 aliphatic carbocycles. The van der Waals surface area contributed by atoms with Gasteiger partial charge in [0.25, 0.3) is 5.91 Å². The number of carbonyl (C=O) groups excluding carboxylic acids is 1. The lowest BCUT2D eigenvalue weighted by Gasteiger charge is -2.17. The number of pyridine rings is 1. The molecule has 0 saturated heterocycles. The van der Waals surface area contributed by atoms with E-state index in [9.17, 15) is 9.59 Å². The van der Waals surface area contributed by atoms with Crippen LogP contribution in [0.3, 0.4) is 0 Å². The first-order valence-corrected chi connectivity index (χ1v) is 8.33. The van der Waals surface area contributed by atoms with E-state index in [1.165, 1.54) is 6.07 Å². The van der Waals surface area contributed by atoms with Gasteiger partial charge >= 0.3 is 5.63 Å². The highest BCUT2D eigenvalue weighted by Gasteiger charge is 2.17. The van der Waals surface area contributed by atoms with Crippen LogP contribution in [0, 0.1) is 13.8 Å². The van der Waals surface area contributed by atoms with E-state index in [0.29, 0.717) is 23.4 Å². The summed E-state index contributed by atoms with van der Waals surface area (Å²) in [4.78, 5) is 27.9. The molecule has 26 heavy (non-hydrogen) atoms. The molecule has 1 atom stereocenters. The molecule has 2 aromatic heterocycles. The van der Waals surface area contributed by atoms with Gasteiger partial charge in [0.2, 0.25) is 0 Å². The Morgan fingerprint density at radius 2 is 2.12 bits per heavy atom. The Morgan fingerprint density at radius 3 is 2.85 bits per heavy atom. The van der Waals surface area contributed by atoms with Crippen LogP contribution in [-0.4, -0.2) is 17.0 Å². The first-order chi connectivity index (χ1) is 12.5. The fourth-order valence-electron chi connectivity index (χ4n) is 2.71. The van der Waals surface area contributed by atoms with Crippen molar-refractivity contribution in [2.45, 2.75) is 33.4 Å². The predicted octanol–water partition coefficient (Wildman–Crippen LogP) is 2.89. The van der Waals surface area contributed by atoms with Crippen molar-refractivity contribution in [3.63, 3.8) is 0 Å². The summed E-state index contributed by atoms with van der Waals surface area (Å²) in [6.07, 6.45) is 2.68. The summed E-state index contributed by atoms with van der Waals surface area (Å²) >= 11 is 0. The number of ether oxygens (including phenoxy) is 1. The third kappa shape index (κ3) is 3.74. The third-order valence-electron chi connectivity index (χ3n) is 4.18. The predicted molar refractivity (Wildman–Crippen MR) is 98.1 cm³/mol. The van der Waals surface area contributed by atoms with Crippen molar-refractivity contribution in [2.24, 2.45) is 0 Å². The van der Waals surface area contributed by atoms with Crippen molar-refractivity contribution in [3.05, 3.63) is 69.8 Å². The number of carbonyl (C=O) groups is 1. The second-order valence-electron chi connectivity index (χ2n) is 6.15. The molecule has 0 saturated carbocycles. The molecule has 134 valence electrons. The quantitative estimate of drug-likeness (QED) is 0.714. The molecule has 1 amide bonds. The van der Waals surface area contributed by atoms with Gasteiger partial charge in [-0.2, -0.15) is 0 Å². The second-order valence-corrected chi connectivity index (χ2v) is 6.15. The maximum atomic E-state index is 12.3. The number of nitrogens with one attached hydrogen (secondary N) is 1. The maximum absolute atomic E-state index is 12.3. The summed E-state index contributed by atoms with van der Waals surface area (Å²) in [6, 6.07) is 8.77. The second kappa shape index (κ2) is 7.39. The van der Waals surface area contributed by atoms with Crippen LogP contribution in [0.1, 0.15) is 23.6 Å². The van der Waals surface area contributed by atoms with Crippen molar-refractivity contribution in [2.75, 3.05) is 0 Å². The van der Waals surface area contributed by atoms with Gasteiger partial charge in [0.15, 0.2) is 6.10 Å². The summed E-state index contributed by atoms with van der Waals surface area (Å²) < 4.78 is 11.1. The highest BCUT2D eigenvalue weighted by atomic mass is 16.5. The first-order valence-electron chi connectivity index (χ1n) is 8.33. The Kier molecular flexibility index (Phi) is 5.02. The zero-order chi connectivity index (χ0) is 18.7. The molecule has 0 fully saturated rings. The molecule has 1 N–H and O–H groups in total. The zero-order valence-electron chi connectivity index (χ0n) is 14.9. The summed E-state index contributed by atoms with van der Waals surface area (Å²) in [5, 5.41) is 3.67. The maximum Gasteiger partial charge on any atom is 0.336 e. The lowest BCUT2D eigenvalue weighted by molar-refractivity contribution is -0.127. The van der Waals surface area contributed by atoms with E-state index in [2.05, 4.69) is 10.3 Å². The normalized spacial score (nSPS) is 12.0. The molecule has 0 unspecified atom stereocenters. The van der Waals surface area contributed by atoms with E-state index < -0.39 is 11.7 Å². The molecular weight excluding hydrogens is 332 g/mol. The number of hydrogen-bond donors (Lipinski definition) is 1. The Labute approximate surface area is 150 Å². The lowest BCUT2D eigenvalue weighted by atomic mass is 10.1. The van der Waals surface area contributed by atoms with Crippen molar-refractivity contribution in [3.8, 4) is 5.75 Å². The van der Waals surface area contributed by atoms with Gasteiger partial charge in [-0.3, -0.25) is 9.78 Å². The number of fused-ring (bicyclic) bond motifs is 1. The Bertz CT molecular complexity index is 996. The molecule has 3 aromatic rings. The topological polar surface area (TPSA) is 81.4 Å². The smallest absolute Gasteiger partial charge is 0.336 e. The molecule has 2 heterocycles. The van der Waals surface area contributed by atoms with E-state index in [1.54, 1.807) is 32.3 Å². The molecule has 0 aliphatic heterocycles. The molecule has 0 spiro atoms. The molecule has 1 aromatic carbocycles. The van der Waals surface area contributed by atoms with Gasteiger partial charge in [0, 0.05) is 36.0 Å². The number of aryl methyl sites for hydroxylation is 2. The average molecular weight is 352 g/mol. The van der Waals surface area contributed by atoms with Crippen molar-refractivity contribution in [1.29, 1.82) is 0 Å². The van der Waals surface area contributed by atoms with Crippen LogP contribution in [0.25, 0.3) is 11.0 Å². The van der Waals surface area contributed by atoms with Gasteiger partial charge < -0.3 is 14.5 Å². The lowest BCUT2D eigenvalue weighted by Crippen LogP contribution is -2.36. The van der Waals surface area contributed by atoms with Crippen molar-refractivity contribution in [1.82, 2.24) is 10.3 Å². The molecule has 6 heteroatoms. The zero-order valence-corrected chi connectivity index (χ0v) is 14.9. The molecule has 3 rings (SSSR count). The number of benzene rings is 1.